The Hall–Kier alpha value is -2.05. The van der Waals surface area contributed by atoms with Gasteiger partial charge in [-0.1, -0.05) is 35.7 Å². The molecule has 0 saturated heterocycles. The Morgan fingerprint density at radius 2 is 1.96 bits per heavy atom. The molecule has 0 atom stereocenters. The van der Waals surface area contributed by atoms with E-state index in [9.17, 15) is 14.7 Å². The number of benzene rings is 1. The van der Waals surface area contributed by atoms with Crippen LogP contribution >= 0.6 is 23.2 Å². The van der Waals surface area contributed by atoms with Gasteiger partial charge in [0.05, 0.1) is 27.3 Å². The highest BCUT2D eigenvalue weighted by Crippen LogP contribution is 2.45. The van der Waals surface area contributed by atoms with E-state index in [2.05, 4.69) is 10.4 Å². The van der Waals surface area contributed by atoms with Crippen LogP contribution < -0.4 is 5.32 Å². The van der Waals surface area contributed by atoms with E-state index in [1.165, 1.54) is 30.9 Å². The maximum atomic E-state index is 13.0. The van der Waals surface area contributed by atoms with E-state index in [0.29, 0.717) is 28.6 Å². The molecule has 1 aromatic heterocycles. The molecule has 138 valence electrons. The van der Waals surface area contributed by atoms with Crippen LogP contribution in [0.5, 0.6) is 0 Å². The van der Waals surface area contributed by atoms with Gasteiger partial charge in [-0.3, -0.25) is 9.48 Å². The highest BCUT2D eigenvalue weighted by molar-refractivity contribution is 6.42. The van der Waals surface area contributed by atoms with Crippen LogP contribution in [0.4, 0.5) is 5.69 Å². The van der Waals surface area contributed by atoms with Crippen molar-refractivity contribution in [3.63, 3.8) is 0 Å². The van der Waals surface area contributed by atoms with Crippen LogP contribution in [0.1, 0.15) is 38.7 Å². The molecule has 26 heavy (non-hydrogen) atoms. The van der Waals surface area contributed by atoms with Gasteiger partial charge in [0.2, 0.25) is 5.91 Å². The Bertz CT molecular complexity index is 872. The first-order valence-corrected chi connectivity index (χ1v) is 8.98. The molecule has 1 fully saturated rings. The summed E-state index contributed by atoms with van der Waals surface area (Å²) in [7, 11) is 0. The van der Waals surface area contributed by atoms with E-state index in [0.717, 1.165) is 12.0 Å². The zero-order valence-corrected chi connectivity index (χ0v) is 15.9. The summed E-state index contributed by atoms with van der Waals surface area (Å²) in [5.41, 5.74) is -0.580. The van der Waals surface area contributed by atoms with Crippen molar-refractivity contribution in [3.05, 3.63) is 46.2 Å². The lowest BCUT2D eigenvalue weighted by atomic mass is 9.64. The Morgan fingerprint density at radius 1 is 1.27 bits per heavy atom. The fraction of sp³-hybridized carbons (Fsp3) is 0.389. The molecule has 1 heterocycles. The predicted octanol–water partition coefficient (Wildman–Crippen LogP) is 4.07. The number of hydrogen-bond donors (Lipinski definition) is 2. The summed E-state index contributed by atoms with van der Waals surface area (Å²) in [5, 5.41) is 17.1. The van der Waals surface area contributed by atoms with E-state index >= 15 is 0 Å². The average molecular weight is 396 g/mol. The van der Waals surface area contributed by atoms with Crippen molar-refractivity contribution in [3.8, 4) is 0 Å². The van der Waals surface area contributed by atoms with Crippen LogP contribution in [0.25, 0.3) is 0 Å². The van der Waals surface area contributed by atoms with Gasteiger partial charge in [0.25, 0.3) is 0 Å². The van der Waals surface area contributed by atoms with Gasteiger partial charge in [-0.25, -0.2) is 4.79 Å². The SMILES string of the molecule is CC(C)(C(=O)O)n1cc(NC(=O)C2(c3ccc(Cl)c(Cl)c3)CCC2)cn1. The lowest BCUT2D eigenvalue weighted by molar-refractivity contribution is -0.146. The maximum absolute atomic E-state index is 13.0. The second-order valence-corrected chi connectivity index (χ2v) is 7.87. The minimum Gasteiger partial charge on any atom is -0.479 e. The molecule has 0 bridgehead atoms. The summed E-state index contributed by atoms with van der Waals surface area (Å²) in [5.74, 6) is -1.17. The van der Waals surface area contributed by atoms with Crippen LogP contribution in [0.3, 0.4) is 0 Å². The number of carboxylic acid groups (broad SMARTS) is 1. The van der Waals surface area contributed by atoms with E-state index in [1.807, 2.05) is 6.07 Å². The van der Waals surface area contributed by atoms with E-state index in [4.69, 9.17) is 23.2 Å². The van der Waals surface area contributed by atoms with Crippen LogP contribution in [-0.4, -0.2) is 26.8 Å². The molecule has 0 unspecified atom stereocenters. The van der Waals surface area contributed by atoms with Crippen LogP contribution in [0.2, 0.25) is 10.0 Å². The molecule has 1 aromatic carbocycles. The number of rotatable bonds is 5. The number of anilines is 1. The average Bonchev–Trinajstić information content (AvgIpc) is 2.98. The minimum atomic E-state index is -1.21. The fourth-order valence-electron chi connectivity index (χ4n) is 3.01. The normalized spacial score (nSPS) is 16.0. The Kier molecular flexibility index (Phi) is 4.75. The van der Waals surface area contributed by atoms with E-state index < -0.39 is 16.9 Å². The predicted molar refractivity (Wildman–Crippen MR) is 99.8 cm³/mol. The Labute approximate surface area is 161 Å². The van der Waals surface area contributed by atoms with Gasteiger partial charge in [-0.2, -0.15) is 5.10 Å². The summed E-state index contributed by atoms with van der Waals surface area (Å²) in [4.78, 5) is 24.3. The lowest BCUT2D eigenvalue weighted by Gasteiger charge is -2.40. The van der Waals surface area contributed by atoms with Crippen LogP contribution in [-0.2, 0) is 20.5 Å². The molecule has 1 aliphatic rings. The van der Waals surface area contributed by atoms with Gasteiger partial charge in [-0.05, 0) is 44.4 Å². The first kappa shape index (κ1) is 18.7. The van der Waals surface area contributed by atoms with Gasteiger partial charge < -0.3 is 10.4 Å². The highest BCUT2D eigenvalue weighted by Gasteiger charge is 2.46. The molecule has 0 radical (unpaired) electrons. The topological polar surface area (TPSA) is 84.2 Å². The van der Waals surface area contributed by atoms with Crippen LogP contribution in [0, 0.1) is 0 Å². The molecule has 2 N–H and O–H groups in total. The number of carbonyl (C=O) groups is 2. The molecule has 0 aliphatic heterocycles. The monoisotopic (exact) mass is 395 g/mol. The largest absolute Gasteiger partial charge is 0.479 e. The van der Waals surface area contributed by atoms with Gasteiger partial charge >= 0.3 is 5.97 Å². The number of halogens is 2. The van der Waals surface area contributed by atoms with E-state index in [1.54, 1.807) is 12.1 Å². The molecule has 1 amide bonds. The van der Waals surface area contributed by atoms with Crippen LogP contribution in [0.15, 0.2) is 30.6 Å². The second kappa shape index (κ2) is 6.59. The zero-order chi connectivity index (χ0) is 19.1. The smallest absolute Gasteiger partial charge is 0.331 e. The number of carbonyl (C=O) groups excluding carboxylic acids is 1. The highest BCUT2D eigenvalue weighted by atomic mass is 35.5. The van der Waals surface area contributed by atoms with Crippen molar-refractivity contribution >= 4 is 40.8 Å². The van der Waals surface area contributed by atoms with Gasteiger partial charge in [0.15, 0.2) is 5.54 Å². The number of aromatic nitrogens is 2. The summed E-state index contributed by atoms with van der Waals surface area (Å²) < 4.78 is 1.32. The second-order valence-electron chi connectivity index (χ2n) is 7.06. The summed E-state index contributed by atoms with van der Waals surface area (Å²) in [6.45, 7) is 3.08. The third-order valence-corrected chi connectivity index (χ3v) is 5.79. The number of aliphatic carboxylic acids is 1. The lowest BCUT2D eigenvalue weighted by Crippen LogP contribution is -2.46. The molecule has 1 aliphatic carbocycles. The Morgan fingerprint density at radius 3 is 2.50 bits per heavy atom. The van der Waals surface area contributed by atoms with Crippen molar-refractivity contribution in [2.24, 2.45) is 0 Å². The van der Waals surface area contributed by atoms with Crippen molar-refractivity contribution < 1.29 is 14.7 Å². The molecule has 6 nitrogen and oxygen atoms in total. The summed E-state index contributed by atoms with van der Waals surface area (Å²) in [6.07, 6.45) is 5.34. The standard InChI is InChI=1S/C18H19Cl2N3O3/c1-17(2,16(25)26)23-10-12(9-21-23)22-15(24)18(6-3-7-18)11-4-5-13(19)14(20)8-11/h4-5,8-10H,3,6-7H2,1-2H3,(H,22,24)(H,25,26). The number of nitrogens with zero attached hydrogens (tertiary/aromatic N) is 2. The molecule has 3 rings (SSSR count). The van der Waals surface area contributed by atoms with Crippen molar-refractivity contribution in [1.29, 1.82) is 0 Å². The first-order chi connectivity index (χ1) is 12.2. The molecule has 1 saturated carbocycles. The number of hydrogen-bond acceptors (Lipinski definition) is 3. The first-order valence-electron chi connectivity index (χ1n) is 8.22. The number of carboxylic acids is 1. The maximum Gasteiger partial charge on any atom is 0.331 e. The quantitative estimate of drug-likeness (QED) is 0.798. The summed E-state index contributed by atoms with van der Waals surface area (Å²) >= 11 is 12.1. The van der Waals surface area contributed by atoms with Crippen molar-refractivity contribution in [1.82, 2.24) is 9.78 Å². The fourth-order valence-corrected chi connectivity index (χ4v) is 3.31. The minimum absolute atomic E-state index is 0.158. The third kappa shape index (κ3) is 3.08. The van der Waals surface area contributed by atoms with Crippen molar-refractivity contribution in [2.75, 3.05) is 5.32 Å². The Balaban J connectivity index is 1.84. The third-order valence-electron chi connectivity index (χ3n) is 5.05. The number of nitrogens with one attached hydrogen (secondary N) is 1. The molecular formula is C18H19Cl2N3O3. The molecule has 2 aromatic rings. The van der Waals surface area contributed by atoms with Gasteiger partial charge in [0, 0.05) is 6.20 Å². The van der Waals surface area contributed by atoms with Crippen molar-refractivity contribution in [2.45, 2.75) is 44.1 Å². The van der Waals surface area contributed by atoms with Gasteiger partial charge in [-0.15, -0.1) is 0 Å². The van der Waals surface area contributed by atoms with Gasteiger partial charge in [0.1, 0.15) is 0 Å². The summed E-state index contributed by atoms with van der Waals surface area (Å²) in [6, 6.07) is 5.25. The molecular weight excluding hydrogens is 377 g/mol. The van der Waals surface area contributed by atoms with E-state index in [-0.39, 0.29) is 5.91 Å². The molecule has 0 spiro atoms. The zero-order valence-electron chi connectivity index (χ0n) is 14.4. The molecule has 8 heteroatoms. The number of amides is 1.